The van der Waals surface area contributed by atoms with Crippen LogP contribution in [0.2, 0.25) is 0 Å². The number of carboxylic acids is 1. The van der Waals surface area contributed by atoms with E-state index in [0.29, 0.717) is 6.42 Å². The molecule has 0 saturated heterocycles. The van der Waals surface area contributed by atoms with Gasteiger partial charge in [0.05, 0.1) is 0 Å². The van der Waals surface area contributed by atoms with Gasteiger partial charge in [0.15, 0.2) is 0 Å². The molecule has 1 atom stereocenters. The Morgan fingerprint density at radius 2 is 1.94 bits per heavy atom. The first-order valence-electron chi connectivity index (χ1n) is 6.25. The lowest BCUT2D eigenvalue weighted by atomic mass is 9.97. The summed E-state index contributed by atoms with van der Waals surface area (Å²) in [6, 6.07) is 0. The predicted octanol–water partition coefficient (Wildman–Crippen LogP) is 2.31. The topological polar surface area (TPSA) is 66.4 Å². The molecule has 4 heteroatoms. The second-order valence-corrected chi connectivity index (χ2v) is 4.65. The molecule has 1 amide bonds. The molecule has 96 valence electrons. The minimum atomic E-state index is -1.07. The second kappa shape index (κ2) is 5.34. The smallest absolute Gasteiger partial charge is 0.352 e. The van der Waals surface area contributed by atoms with E-state index in [1.807, 2.05) is 6.92 Å². The Bertz CT molecular complexity index is 343. The molecule has 0 spiro atoms. The van der Waals surface area contributed by atoms with Gasteiger partial charge < -0.3 is 10.4 Å². The van der Waals surface area contributed by atoms with Gasteiger partial charge in [-0.3, -0.25) is 4.79 Å². The van der Waals surface area contributed by atoms with Crippen molar-refractivity contribution >= 4 is 11.9 Å². The minimum absolute atomic E-state index is 0.00510. The third kappa shape index (κ3) is 2.87. The number of carbonyl (C=O) groups excluding carboxylic acids is 1. The molecule has 1 saturated carbocycles. The van der Waals surface area contributed by atoms with Crippen LogP contribution >= 0.6 is 0 Å². The Labute approximate surface area is 102 Å². The van der Waals surface area contributed by atoms with Crippen molar-refractivity contribution in [3.05, 3.63) is 11.8 Å². The van der Waals surface area contributed by atoms with Gasteiger partial charge in [-0.2, -0.15) is 0 Å². The van der Waals surface area contributed by atoms with Crippen molar-refractivity contribution in [1.82, 2.24) is 5.32 Å². The van der Waals surface area contributed by atoms with Crippen LogP contribution in [0.3, 0.4) is 0 Å². The molecule has 0 aromatic carbocycles. The summed E-state index contributed by atoms with van der Waals surface area (Å²) in [7, 11) is 0. The van der Waals surface area contributed by atoms with Crippen molar-refractivity contribution in [3.63, 3.8) is 0 Å². The Morgan fingerprint density at radius 1 is 1.35 bits per heavy atom. The fraction of sp³-hybridized carbons (Fsp3) is 0.692. The summed E-state index contributed by atoms with van der Waals surface area (Å²) in [6.45, 7) is 6.00. The van der Waals surface area contributed by atoms with Crippen molar-refractivity contribution in [3.8, 4) is 0 Å². The van der Waals surface area contributed by atoms with Gasteiger partial charge in [-0.1, -0.05) is 26.8 Å². The summed E-state index contributed by atoms with van der Waals surface area (Å²) in [4.78, 5) is 22.8. The van der Waals surface area contributed by atoms with E-state index in [-0.39, 0.29) is 22.9 Å². The van der Waals surface area contributed by atoms with Crippen LogP contribution < -0.4 is 5.32 Å². The van der Waals surface area contributed by atoms with Gasteiger partial charge >= 0.3 is 5.97 Å². The second-order valence-electron chi connectivity index (χ2n) is 4.65. The molecule has 1 rings (SSSR count). The molecule has 1 aliphatic rings. The molecule has 17 heavy (non-hydrogen) atoms. The average molecular weight is 239 g/mol. The van der Waals surface area contributed by atoms with E-state index in [4.69, 9.17) is 5.11 Å². The highest BCUT2D eigenvalue weighted by Gasteiger charge is 2.55. The van der Waals surface area contributed by atoms with Crippen LogP contribution in [-0.4, -0.2) is 17.0 Å². The maximum Gasteiger partial charge on any atom is 0.352 e. The van der Waals surface area contributed by atoms with Crippen LogP contribution in [0.5, 0.6) is 0 Å². The molecular formula is C13H21NO3. The van der Waals surface area contributed by atoms with Gasteiger partial charge in [0.2, 0.25) is 5.91 Å². The van der Waals surface area contributed by atoms with Gasteiger partial charge in [0.1, 0.15) is 5.70 Å². The predicted molar refractivity (Wildman–Crippen MR) is 65.3 cm³/mol. The van der Waals surface area contributed by atoms with Crippen LogP contribution in [0, 0.1) is 11.3 Å². The number of amides is 1. The van der Waals surface area contributed by atoms with Crippen LogP contribution in [-0.2, 0) is 9.59 Å². The number of carbonyl (C=O) groups is 2. The first-order chi connectivity index (χ1) is 8.00. The molecule has 1 fully saturated rings. The summed E-state index contributed by atoms with van der Waals surface area (Å²) in [5, 5.41) is 11.4. The van der Waals surface area contributed by atoms with Gasteiger partial charge in [-0.05, 0) is 31.1 Å². The quantitative estimate of drug-likeness (QED) is 0.699. The summed E-state index contributed by atoms with van der Waals surface area (Å²) in [5.74, 6) is -1.23. The molecule has 2 N–H and O–H groups in total. The van der Waals surface area contributed by atoms with Crippen LogP contribution in [0.15, 0.2) is 11.8 Å². The SMILES string of the molecule is CC/C=C(\NC(=O)C1CC1(CC)CC)C(=O)O. The summed E-state index contributed by atoms with van der Waals surface area (Å²) < 4.78 is 0. The number of allylic oxidation sites excluding steroid dienone is 1. The monoisotopic (exact) mass is 239 g/mol. The fourth-order valence-corrected chi connectivity index (χ4v) is 2.37. The maximum atomic E-state index is 11.9. The van der Waals surface area contributed by atoms with Crippen molar-refractivity contribution in [2.24, 2.45) is 11.3 Å². The van der Waals surface area contributed by atoms with Crippen molar-refractivity contribution in [2.75, 3.05) is 0 Å². The minimum Gasteiger partial charge on any atom is -0.477 e. The Balaban J connectivity index is 2.62. The number of hydrogen-bond acceptors (Lipinski definition) is 2. The summed E-state index contributed by atoms with van der Waals surface area (Å²) >= 11 is 0. The van der Waals surface area contributed by atoms with Crippen LogP contribution in [0.4, 0.5) is 0 Å². The maximum absolute atomic E-state index is 11.9. The number of hydrogen-bond donors (Lipinski definition) is 2. The number of carboxylic acid groups (broad SMARTS) is 1. The Morgan fingerprint density at radius 3 is 2.29 bits per heavy atom. The van der Waals surface area contributed by atoms with E-state index < -0.39 is 5.97 Å². The first kappa shape index (κ1) is 13.7. The van der Waals surface area contributed by atoms with E-state index >= 15 is 0 Å². The van der Waals surface area contributed by atoms with Gasteiger partial charge in [-0.15, -0.1) is 0 Å². The van der Waals surface area contributed by atoms with Crippen molar-refractivity contribution < 1.29 is 14.7 Å². The molecule has 0 aromatic heterocycles. The third-order valence-electron chi connectivity index (χ3n) is 3.81. The van der Waals surface area contributed by atoms with Crippen molar-refractivity contribution in [2.45, 2.75) is 46.5 Å². The zero-order chi connectivity index (χ0) is 13.1. The molecule has 1 unspecified atom stereocenters. The number of aliphatic carboxylic acids is 1. The molecule has 4 nitrogen and oxygen atoms in total. The summed E-state index contributed by atoms with van der Waals surface area (Å²) in [6.07, 6.45) is 4.95. The molecule has 0 radical (unpaired) electrons. The van der Waals surface area contributed by atoms with E-state index in [9.17, 15) is 9.59 Å². The lowest BCUT2D eigenvalue weighted by Crippen LogP contribution is -2.30. The number of nitrogens with one attached hydrogen (secondary N) is 1. The van der Waals surface area contributed by atoms with E-state index in [0.717, 1.165) is 19.3 Å². The Hall–Kier alpha value is -1.32. The lowest BCUT2D eigenvalue weighted by Gasteiger charge is -2.12. The van der Waals surface area contributed by atoms with E-state index in [1.54, 1.807) is 0 Å². The first-order valence-corrected chi connectivity index (χ1v) is 6.25. The Kier molecular flexibility index (Phi) is 4.32. The third-order valence-corrected chi connectivity index (χ3v) is 3.81. The van der Waals surface area contributed by atoms with Crippen LogP contribution in [0.25, 0.3) is 0 Å². The molecule has 0 aromatic rings. The highest BCUT2D eigenvalue weighted by atomic mass is 16.4. The van der Waals surface area contributed by atoms with Gasteiger partial charge in [0.25, 0.3) is 0 Å². The standard InChI is InChI=1S/C13H21NO3/c1-4-7-10(12(16)17)14-11(15)9-8-13(9,5-2)6-3/h7,9H,4-6,8H2,1-3H3,(H,14,15)(H,16,17)/b10-7-. The van der Waals surface area contributed by atoms with Crippen molar-refractivity contribution in [1.29, 1.82) is 0 Å². The molecule has 0 bridgehead atoms. The highest BCUT2D eigenvalue weighted by Crippen LogP contribution is 2.57. The molecule has 0 heterocycles. The molecular weight excluding hydrogens is 218 g/mol. The van der Waals surface area contributed by atoms with E-state index in [2.05, 4.69) is 19.2 Å². The van der Waals surface area contributed by atoms with Crippen LogP contribution in [0.1, 0.15) is 46.5 Å². The van der Waals surface area contributed by atoms with Gasteiger partial charge in [0, 0.05) is 5.92 Å². The van der Waals surface area contributed by atoms with Gasteiger partial charge in [-0.25, -0.2) is 4.79 Å². The highest BCUT2D eigenvalue weighted by molar-refractivity contribution is 5.94. The molecule has 0 aliphatic heterocycles. The van der Waals surface area contributed by atoms with E-state index in [1.165, 1.54) is 6.08 Å². The molecule has 1 aliphatic carbocycles. The summed E-state index contributed by atoms with van der Waals surface area (Å²) in [5.41, 5.74) is 0.116. The lowest BCUT2D eigenvalue weighted by molar-refractivity contribution is -0.135. The zero-order valence-corrected chi connectivity index (χ0v) is 10.7. The zero-order valence-electron chi connectivity index (χ0n) is 10.7. The fourth-order valence-electron chi connectivity index (χ4n) is 2.37. The largest absolute Gasteiger partial charge is 0.477 e. The number of rotatable bonds is 6. The average Bonchev–Trinajstić information content (AvgIpc) is 3.03. The normalized spacial score (nSPS) is 22.1.